The van der Waals surface area contributed by atoms with Crippen LogP contribution in [0.1, 0.15) is 5.56 Å². The molecule has 1 amide bonds. The third-order valence-corrected chi connectivity index (χ3v) is 3.95. The van der Waals surface area contributed by atoms with E-state index in [9.17, 15) is 9.90 Å². The summed E-state index contributed by atoms with van der Waals surface area (Å²) in [7, 11) is 0. The second-order valence-corrected chi connectivity index (χ2v) is 5.41. The lowest BCUT2D eigenvalue weighted by atomic mass is 10.1. The molecule has 0 radical (unpaired) electrons. The van der Waals surface area contributed by atoms with Crippen molar-refractivity contribution in [3.8, 4) is 0 Å². The number of hydrogen-bond donors (Lipinski definition) is 3. The molecule has 0 bridgehead atoms. The Morgan fingerprint density at radius 2 is 2.22 bits per heavy atom. The molecule has 1 saturated heterocycles. The Bertz CT molecular complexity index is 425. The molecular formula is C13H17BrN2O2. The second kappa shape index (κ2) is 6.31. The largest absolute Gasteiger partial charge is 0.391 e. The van der Waals surface area contributed by atoms with Gasteiger partial charge in [-0.05, 0) is 11.6 Å². The molecule has 0 spiro atoms. The number of aliphatic hydroxyl groups is 1. The highest BCUT2D eigenvalue weighted by Crippen LogP contribution is 2.16. The van der Waals surface area contributed by atoms with E-state index in [2.05, 4.69) is 26.6 Å². The van der Waals surface area contributed by atoms with E-state index in [1.54, 1.807) is 0 Å². The molecule has 0 aliphatic carbocycles. The van der Waals surface area contributed by atoms with Crippen molar-refractivity contribution in [2.24, 2.45) is 5.92 Å². The van der Waals surface area contributed by atoms with Crippen LogP contribution in [0, 0.1) is 5.92 Å². The van der Waals surface area contributed by atoms with Crippen molar-refractivity contribution in [1.82, 2.24) is 10.6 Å². The summed E-state index contributed by atoms with van der Waals surface area (Å²) in [4.78, 5) is 11.8. The highest BCUT2D eigenvalue weighted by molar-refractivity contribution is 9.10. The van der Waals surface area contributed by atoms with Gasteiger partial charge in [-0.3, -0.25) is 4.79 Å². The summed E-state index contributed by atoms with van der Waals surface area (Å²) in [5, 5.41) is 15.6. The van der Waals surface area contributed by atoms with Gasteiger partial charge in [0.1, 0.15) is 0 Å². The molecule has 2 atom stereocenters. The molecule has 0 saturated carbocycles. The highest BCUT2D eigenvalue weighted by Gasteiger charge is 2.24. The zero-order chi connectivity index (χ0) is 13.0. The van der Waals surface area contributed by atoms with Crippen molar-refractivity contribution in [3.05, 3.63) is 34.3 Å². The Hall–Kier alpha value is -0.910. The van der Waals surface area contributed by atoms with Crippen LogP contribution in [-0.2, 0) is 11.2 Å². The van der Waals surface area contributed by atoms with Gasteiger partial charge in [0.05, 0.1) is 12.5 Å². The molecule has 18 heavy (non-hydrogen) atoms. The van der Waals surface area contributed by atoms with E-state index in [-0.39, 0.29) is 17.9 Å². The van der Waals surface area contributed by atoms with Crippen LogP contribution in [-0.4, -0.2) is 36.8 Å². The van der Waals surface area contributed by atoms with Crippen LogP contribution in [0.25, 0.3) is 0 Å². The van der Waals surface area contributed by atoms with Crippen LogP contribution in [0.15, 0.2) is 28.7 Å². The first-order valence-electron chi connectivity index (χ1n) is 6.05. The van der Waals surface area contributed by atoms with Crippen molar-refractivity contribution in [2.75, 3.05) is 19.6 Å². The summed E-state index contributed by atoms with van der Waals surface area (Å²) in [5.74, 6) is 0.106. The number of carbonyl (C=O) groups is 1. The fourth-order valence-corrected chi connectivity index (χ4v) is 2.47. The molecular weight excluding hydrogens is 296 g/mol. The molecule has 5 heteroatoms. The summed E-state index contributed by atoms with van der Waals surface area (Å²) in [6.45, 7) is 1.90. The van der Waals surface area contributed by atoms with E-state index < -0.39 is 0 Å². The van der Waals surface area contributed by atoms with Crippen LogP contribution < -0.4 is 10.6 Å². The lowest BCUT2D eigenvalue weighted by molar-refractivity contribution is -0.120. The monoisotopic (exact) mass is 312 g/mol. The Balaban J connectivity index is 1.80. The van der Waals surface area contributed by atoms with Crippen molar-refractivity contribution in [3.63, 3.8) is 0 Å². The number of rotatable bonds is 4. The molecule has 2 unspecified atom stereocenters. The van der Waals surface area contributed by atoms with Gasteiger partial charge >= 0.3 is 0 Å². The summed E-state index contributed by atoms with van der Waals surface area (Å²) in [6, 6.07) is 7.69. The average Bonchev–Trinajstić information content (AvgIpc) is 2.75. The number of nitrogens with one attached hydrogen (secondary N) is 2. The summed E-state index contributed by atoms with van der Waals surface area (Å²) >= 11 is 3.42. The van der Waals surface area contributed by atoms with Crippen molar-refractivity contribution in [2.45, 2.75) is 12.5 Å². The van der Waals surface area contributed by atoms with E-state index >= 15 is 0 Å². The Morgan fingerprint density at radius 3 is 2.89 bits per heavy atom. The van der Waals surface area contributed by atoms with Crippen molar-refractivity contribution < 1.29 is 9.90 Å². The fraction of sp³-hybridized carbons (Fsp3) is 0.462. The molecule has 1 aromatic carbocycles. The van der Waals surface area contributed by atoms with Crippen molar-refractivity contribution >= 4 is 21.8 Å². The third kappa shape index (κ3) is 3.54. The molecule has 1 fully saturated rings. The zero-order valence-electron chi connectivity index (χ0n) is 10.0. The summed E-state index contributed by atoms with van der Waals surface area (Å²) in [5.41, 5.74) is 0.972. The first-order valence-corrected chi connectivity index (χ1v) is 6.85. The molecule has 98 valence electrons. The van der Waals surface area contributed by atoms with Gasteiger partial charge in [0.25, 0.3) is 0 Å². The normalized spacial score (nSPS) is 23.0. The van der Waals surface area contributed by atoms with E-state index in [1.807, 2.05) is 24.3 Å². The fourth-order valence-electron chi connectivity index (χ4n) is 2.05. The highest BCUT2D eigenvalue weighted by atomic mass is 79.9. The van der Waals surface area contributed by atoms with Gasteiger partial charge < -0.3 is 15.7 Å². The minimum atomic E-state index is -0.353. The zero-order valence-corrected chi connectivity index (χ0v) is 11.6. The second-order valence-electron chi connectivity index (χ2n) is 4.56. The molecule has 1 aliphatic heterocycles. The predicted octanol–water partition coefficient (Wildman–Crippen LogP) is 0.688. The minimum Gasteiger partial charge on any atom is -0.391 e. The average molecular weight is 313 g/mol. The van der Waals surface area contributed by atoms with Gasteiger partial charge in [0.15, 0.2) is 0 Å². The van der Waals surface area contributed by atoms with E-state index in [0.717, 1.165) is 16.6 Å². The summed E-state index contributed by atoms with van der Waals surface area (Å²) in [6.07, 6.45) is 0.00580. The van der Waals surface area contributed by atoms with E-state index in [0.29, 0.717) is 19.5 Å². The number of aliphatic hydroxyl groups excluding tert-OH is 1. The topological polar surface area (TPSA) is 61.4 Å². The Morgan fingerprint density at radius 1 is 1.44 bits per heavy atom. The maximum atomic E-state index is 11.8. The number of carbonyl (C=O) groups excluding carboxylic acids is 1. The van der Waals surface area contributed by atoms with Gasteiger partial charge in [-0.1, -0.05) is 34.1 Å². The van der Waals surface area contributed by atoms with Gasteiger partial charge in [-0.15, -0.1) is 0 Å². The molecule has 4 nitrogen and oxygen atoms in total. The molecule has 1 aromatic rings. The third-order valence-electron chi connectivity index (χ3n) is 3.17. The summed E-state index contributed by atoms with van der Waals surface area (Å²) < 4.78 is 0.947. The van der Waals surface area contributed by atoms with E-state index in [4.69, 9.17) is 0 Å². The standard InChI is InChI=1S/C13H17BrN2O2/c14-11-4-2-1-3-9(11)5-13(18)16-7-10-6-15-8-12(10)17/h1-4,10,12,15,17H,5-8H2,(H,16,18). The smallest absolute Gasteiger partial charge is 0.224 e. The van der Waals surface area contributed by atoms with Crippen LogP contribution in [0.4, 0.5) is 0 Å². The lowest BCUT2D eigenvalue weighted by Gasteiger charge is -2.14. The molecule has 2 rings (SSSR count). The molecule has 0 aromatic heterocycles. The number of benzene rings is 1. The van der Waals surface area contributed by atoms with Crippen LogP contribution in [0.3, 0.4) is 0 Å². The maximum absolute atomic E-state index is 11.8. The van der Waals surface area contributed by atoms with Gasteiger partial charge in [-0.2, -0.15) is 0 Å². The van der Waals surface area contributed by atoms with Crippen molar-refractivity contribution in [1.29, 1.82) is 0 Å². The molecule has 3 N–H and O–H groups in total. The molecule has 1 heterocycles. The maximum Gasteiger partial charge on any atom is 0.224 e. The van der Waals surface area contributed by atoms with Crippen LogP contribution >= 0.6 is 15.9 Å². The predicted molar refractivity (Wildman–Crippen MR) is 73.2 cm³/mol. The first-order chi connectivity index (χ1) is 8.66. The van der Waals surface area contributed by atoms with Crippen LogP contribution in [0.2, 0.25) is 0 Å². The quantitative estimate of drug-likeness (QED) is 0.766. The lowest BCUT2D eigenvalue weighted by Crippen LogP contribution is -2.35. The first kappa shape index (κ1) is 13.5. The number of β-amino-alcohol motifs (C(OH)–C–C–N with tert-alkyl or cyclic N) is 1. The van der Waals surface area contributed by atoms with Gasteiger partial charge in [0, 0.05) is 30.0 Å². The number of hydrogen-bond acceptors (Lipinski definition) is 3. The van der Waals surface area contributed by atoms with E-state index in [1.165, 1.54) is 0 Å². The Labute approximate surface area is 115 Å². The SMILES string of the molecule is O=C(Cc1ccccc1Br)NCC1CNCC1O. The molecule has 1 aliphatic rings. The van der Waals surface area contributed by atoms with Gasteiger partial charge in [0.2, 0.25) is 5.91 Å². The minimum absolute atomic E-state index is 0.0130. The van der Waals surface area contributed by atoms with Crippen LogP contribution in [0.5, 0.6) is 0 Å². The number of halogens is 1. The number of amides is 1. The van der Waals surface area contributed by atoms with Gasteiger partial charge in [-0.25, -0.2) is 0 Å². The Kier molecular flexibility index (Phi) is 4.74.